The van der Waals surface area contributed by atoms with Crippen molar-refractivity contribution in [3.8, 4) is 0 Å². The van der Waals surface area contributed by atoms with Gasteiger partial charge in [0.2, 0.25) is 0 Å². The van der Waals surface area contributed by atoms with Crippen LogP contribution < -0.4 is 0 Å². The molecule has 2 rings (SSSR count). The summed E-state index contributed by atoms with van der Waals surface area (Å²) in [7, 11) is 0.317. The fraction of sp³-hybridized carbons (Fsp3) is 0.455. The largest absolute Gasteiger partial charge is 0.457 e. The maximum absolute atomic E-state index is 9.28. The summed E-state index contributed by atoms with van der Waals surface area (Å²) in [6, 6.07) is 8.09. The van der Waals surface area contributed by atoms with Crippen LogP contribution in [0.5, 0.6) is 0 Å². The van der Waals surface area contributed by atoms with Crippen LogP contribution in [0.4, 0.5) is 0 Å². The Hall–Kier alpha value is -0.835. The second-order valence-electron chi connectivity index (χ2n) is 4.03. The molecule has 2 N–H and O–H groups in total. The molecule has 2 unspecified atom stereocenters. The Balaban J connectivity index is 2.26. The Kier molecular flexibility index (Phi) is 3.10. The molecule has 1 aromatic carbocycles. The number of benzene rings is 1. The molecule has 0 aliphatic heterocycles. The number of hydrogen-bond donors (Lipinski definition) is 2. The Bertz CT molecular complexity index is 340. The maximum Gasteiger partial charge on any atom is 0.457 e. The van der Waals surface area contributed by atoms with Crippen LogP contribution in [0.1, 0.15) is 11.1 Å². The molecule has 0 saturated carbocycles. The van der Waals surface area contributed by atoms with E-state index < -0.39 is 7.12 Å². The van der Waals surface area contributed by atoms with Crippen LogP contribution >= 0.6 is 0 Å². The summed E-state index contributed by atoms with van der Waals surface area (Å²) in [6.07, 6.45) is 1.33. The number of methoxy groups -OCH3 is 1. The second-order valence-corrected chi connectivity index (χ2v) is 4.03. The topological polar surface area (TPSA) is 49.7 Å². The smallest absolute Gasteiger partial charge is 0.427 e. The van der Waals surface area contributed by atoms with Crippen molar-refractivity contribution in [2.24, 2.45) is 0 Å². The predicted molar refractivity (Wildman–Crippen MR) is 58.6 cm³/mol. The van der Waals surface area contributed by atoms with E-state index in [0.717, 1.165) is 6.42 Å². The summed E-state index contributed by atoms with van der Waals surface area (Å²) < 4.78 is 5.30. The summed E-state index contributed by atoms with van der Waals surface area (Å²) in [5.41, 5.74) is 2.45. The van der Waals surface area contributed by atoms with Crippen molar-refractivity contribution in [3.05, 3.63) is 35.4 Å². The molecule has 1 aliphatic rings. The van der Waals surface area contributed by atoms with Gasteiger partial charge in [-0.1, -0.05) is 24.3 Å². The molecular formula is C11H15BO3. The fourth-order valence-electron chi connectivity index (χ4n) is 2.26. The summed E-state index contributed by atoms with van der Waals surface area (Å²) in [5, 5.41) is 18.6. The van der Waals surface area contributed by atoms with Gasteiger partial charge in [-0.15, -0.1) is 0 Å². The van der Waals surface area contributed by atoms with E-state index in [2.05, 4.69) is 6.07 Å². The molecule has 0 fully saturated rings. The summed E-state index contributed by atoms with van der Waals surface area (Å²) in [5.74, 6) is -0.218. The van der Waals surface area contributed by atoms with Crippen molar-refractivity contribution in [2.45, 2.75) is 24.8 Å². The van der Waals surface area contributed by atoms with Crippen molar-refractivity contribution < 1.29 is 14.8 Å². The molecule has 15 heavy (non-hydrogen) atoms. The van der Waals surface area contributed by atoms with Crippen molar-refractivity contribution in [2.75, 3.05) is 7.11 Å². The van der Waals surface area contributed by atoms with Gasteiger partial charge in [0, 0.05) is 12.9 Å². The molecule has 1 aromatic rings. The van der Waals surface area contributed by atoms with E-state index in [1.54, 1.807) is 7.11 Å². The Labute approximate surface area is 89.8 Å². The zero-order chi connectivity index (χ0) is 10.8. The second kappa shape index (κ2) is 4.35. The molecular weight excluding hydrogens is 191 g/mol. The highest BCUT2D eigenvalue weighted by Crippen LogP contribution is 2.31. The Morgan fingerprint density at radius 1 is 1.20 bits per heavy atom. The van der Waals surface area contributed by atoms with Gasteiger partial charge in [-0.2, -0.15) is 0 Å². The van der Waals surface area contributed by atoms with Crippen molar-refractivity contribution >= 4 is 7.12 Å². The minimum Gasteiger partial charge on any atom is -0.427 e. The first-order chi connectivity index (χ1) is 7.22. The van der Waals surface area contributed by atoms with Gasteiger partial charge in [-0.25, -0.2) is 0 Å². The Morgan fingerprint density at radius 3 is 2.33 bits per heavy atom. The molecule has 80 valence electrons. The molecule has 0 bridgehead atoms. The molecule has 0 saturated heterocycles. The molecule has 4 heteroatoms. The van der Waals surface area contributed by atoms with E-state index in [0.29, 0.717) is 6.42 Å². The molecule has 0 heterocycles. The van der Waals surface area contributed by atoms with Crippen LogP contribution in [0.3, 0.4) is 0 Å². The SMILES string of the molecule is COC1Cc2ccccc2CC1B(O)O. The van der Waals surface area contributed by atoms with Crippen LogP contribution in [-0.2, 0) is 17.6 Å². The maximum atomic E-state index is 9.28. The number of hydrogen-bond acceptors (Lipinski definition) is 3. The number of fused-ring (bicyclic) bond motifs is 1. The van der Waals surface area contributed by atoms with Gasteiger partial charge in [0.15, 0.2) is 0 Å². The van der Waals surface area contributed by atoms with Crippen molar-refractivity contribution in [1.82, 2.24) is 0 Å². The van der Waals surface area contributed by atoms with Crippen LogP contribution in [0.25, 0.3) is 0 Å². The van der Waals surface area contributed by atoms with Crippen LogP contribution in [-0.4, -0.2) is 30.4 Å². The number of ether oxygens (including phenoxy) is 1. The van der Waals surface area contributed by atoms with Gasteiger partial charge in [-0.3, -0.25) is 0 Å². The quantitative estimate of drug-likeness (QED) is 0.698. The lowest BCUT2D eigenvalue weighted by Gasteiger charge is -2.31. The summed E-state index contributed by atoms with van der Waals surface area (Å²) >= 11 is 0. The van der Waals surface area contributed by atoms with Gasteiger partial charge in [0.05, 0.1) is 6.10 Å². The average molecular weight is 206 g/mol. The zero-order valence-electron chi connectivity index (χ0n) is 8.76. The summed E-state index contributed by atoms with van der Waals surface area (Å²) in [6.45, 7) is 0. The van der Waals surface area contributed by atoms with E-state index in [1.165, 1.54) is 11.1 Å². The third kappa shape index (κ3) is 2.07. The van der Waals surface area contributed by atoms with E-state index in [9.17, 15) is 10.0 Å². The van der Waals surface area contributed by atoms with Gasteiger partial charge in [-0.05, 0) is 24.0 Å². The first-order valence-corrected chi connectivity index (χ1v) is 5.18. The lowest BCUT2D eigenvalue weighted by molar-refractivity contribution is 0.0818. The van der Waals surface area contributed by atoms with Crippen LogP contribution in [0.15, 0.2) is 24.3 Å². The minimum absolute atomic E-state index is 0.0973. The van der Waals surface area contributed by atoms with Crippen LogP contribution in [0, 0.1) is 0 Å². The first-order valence-electron chi connectivity index (χ1n) is 5.18. The average Bonchev–Trinajstić information content (AvgIpc) is 2.27. The molecule has 1 aliphatic carbocycles. The standard InChI is InChI=1S/C11H15BO3/c1-15-11-7-9-5-3-2-4-8(9)6-10(11)12(13)14/h2-5,10-11,13-14H,6-7H2,1H3. The highest BCUT2D eigenvalue weighted by atomic mass is 16.5. The van der Waals surface area contributed by atoms with E-state index >= 15 is 0 Å². The third-order valence-corrected chi connectivity index (χ3v) is 3.16. The predicted octanol–water partition coefficient (Wildman–Crippen LogP) is 0.643. The monoisotopic (exact) mass is 206 g/mol. The normalized spacial score (nSPS) is 24.7. The fourth-order valence-corrected chi connectivity index (χ4v) is 2.26. The van der Waals surface area contributed by atoms with Gasteiger partial charge >= 0.3 is 7.12 Å². The van der Waals surface area contributed by atoms with E-state index in [4.69, 9.17) is 4.74 Å². The molecule has 0 amide bonds. The Morgan fingerprint density at radius 2 is 1.80 bits per heavy atom. The number of rotatable bonds is 2. The first kappa shape index (κ1) is 10.7. The van der Waals surface area contributed by atoms with E-state index in [-0.39, 0.29) is 11.9 Å². The third-order valence-electron chi connectivity index (χ3n) is 3.16. The molecule has 0 radical (unpaired) electrons. The zero-order valence-corrected chi connectivity index (χ0v) is 8.76. The molecule has 3 nitrogen and oxygen atoms in total. The summed E-state index contributed by atoms with van der Waals surface area (Å²) in [4.78, 5) is 0. The van der Waals surface area contributed by atoms with Crippen molar-refractivity contribution in [1.29, 1.82) is 0 Å². The molecule has 0 spiro atoms. The molecule has 0 aromatic heterocycles. The van der Waals surface area contributed by atoms with Crippen LogP contribution in [0.2, 0.25) is 5.82 Å². The minimum atomic E-state index is -1.30. The lowest BCUT2D eigenvalue weighted by Crippen LogP contribution is -2.37. The van der Waals surface area contributed by atoms with Gasteiger partial charge < -0.3 is 14.8 Å². The highest BCUT2D eigenvalue weighted by Gasteiger charge is 2.36. The van der Waals surface area contributed by atoms with Gasteiger partial charge in [0.25, 0.3) is 0 Å². The lowest BCUT2D eigenvalue weighted by atomic mass is 9.62. The van der Waals surface area contributed by atoms with Crippen molar-refractivity contribution in [3.63, 3.8) is 0 Å². The van der Waals surface area contributed by atoms with Gasteiger partial charge in [0.1, 0.15) is 0 Å². The highest BCUT2D eigenvalue weighted by molar-refractivity contribution is 6.43. The molecule has 2 atom stereocenters. The van der Waals surface area contributed by atoms with E-state index in [1.807, 2.05) is 18.2 Å².